The molecule has 2 unspecified atom stereocenters. The molecule has 0 saturated carbocycles. The van der Waals surface area contributed by atoms with Crippen molar-refractivity contribution in [2.24, 2.45) is 5.92 Å². The fraction of sp³-hybridized carbons (Fsp3) is 0.600. The Bertz CT molecular complexity index is 409. The number of unbranched alkanes of at least 4 members (excludes halogenated alkanes) is 1. The molecule has 0 aromatic heterocycles. The average molecular weight is 413 g/mol. The summed E-state index contributed by atoms with van der Waals surface area (Å²) in [6, 6.07) is 3.87. The lowest BCUT2D eigenvalue weighted by atomic mass is 9.91. The van der Waals surface area contributed by atoms with Crippen LogP contribution in [0.15, 0.2) is 16.6 Å². The molecule has 0 aliphatic carbocycles. The number of methoxy groups -OCH3 is 1. The molecule has 0 fully saturated rings. The van der Waals surface area contributed by atoms with Crippen molar-refractivity contribution in [3.8, 4) is 5.75 Å². The molecule has 1 rings (SSSR count). The molecule has 0 amide bonds. The molecule has 0 bridgehead atoms. The molecule has 0 saturated heterocycles. The Labute approximate surface area is 138 Å². The number of alkyl halides is 1. The van der Waals surface area contributed by atoms with Gasteiger partial charge in [0.25, 0.3) is 0 Å². The van der Waals surface area contributed by atoms with Crippen LogP contribution in [0.3, 0.4) is 0 Å². The third kappa shape index (κ3) is 4.64. The molecule has 0 N–H and O–H groups in total. The predicted molar refractivity (Wildman–Crippen MR) is 90.7 cm³/mol. The van der Waals surface area contributed by atoms with Gasteiger partial charge in [0, 0.05) is 15.4 Å². The van der Waals surface area contributed by atoms with E-state index in [0.717, 1.165) is 27.2 Å². The summed E-state index contributed by atoms with van der Waals surface area (Å²) < 4.78 is 6.43. The van der Waals surface area contributed by atoms with E-state index in [9.17, 15) is 0 Å². The van der Waals surface area contributed by atoms with Gasteiger partial charge in [0.1, 0.15) is 5.75 Å². The van der Waals surface area contributed by atoms with Crippen LogP contribution in [0.2, 0.25) is 5.02 Å². The molecule has 0 aliphatic rings. The first-order valence-corrected chi connectivity index (χ1v) is 8.80. The lowest BCUT2D eigenvalue weighted by Crippen LogP contribution is -2.08. The van der Waals surface area contributed by atoms with Crippen LogP contribution in [0, 0.1) is 5.92 Å². The Hall–Kier alpha value is 0.270. The van der Waals surface area contributed by atoms with Crippen LogP contribution in [0.4, 0.5) is 0 Å². The number of rotatable bonds is 7. The Morgan fingerprint density at radius 3 is 2.53 bits per heavy atom. The van der Waals surface area contributed by atoms with Gasteiger partial charge in [-0.2, -0.15) is 0 Å². The summed E-state index contributed by atoms with van der Waals surface area (Å²) in [5, 5.41) is 0.734. The van der Waals surface area contributed by atoms with Crippen LogP contribution in [0.25, 0.3) is 0 Å². The zero-order valence-electron chi connectivity index (χ0n) is 11.7. The topological polar surface area (TPSA) is 9.23 Å². The third-order valence-electron chi connectivity index (χ3n) is 3.41. The van der Waals surface area contributed by atoms with Crippen LogP contribution < -0.4 is 4.74 Å². The highest BCUT2D eigenvalue weighted by atomic mass is 79.9. The fourth-order valence-corrected chi connectivity index (χ4v) is 4.25. The predicted octanol–water partition coefficient (Wildman–Crippen LogP) is 6.76. The first-order valence-electron chi connectivity index (χ1n) is 6.72. The molecule has 1 nitrogen and oxygen atoms in total. The van der Waals surface area contributed by atoms with Crippen molar-refractivity contribution >= 4 is 43.5 Å². The minimum absolute atomic E-state index is 0.272. The van der Waals surface area contributed by atoms with E-state index in [-0.39, 0.29) is 4.83 Å². The first-order chi connectivity index (χ1) is 9.04. The maximum absolute atomic E-state index is 6.17. The molecule has 1 aromatic rings. The molecule has 4 heteroatoms. The van der Waals surface area contributed by atoms with Crippen LogP contribution in [0.1, 0.15) is 49.9 Å². The smallest absolute Gasteiger partial charge is 0.137 e. The average Bonchev–Trinajstić information content (AvgIpc) is 2.38. The van der Waals surface area contributed by atoms with Crippen LogP contribution in [-0.4, -0.2) is 7.11 Å². The summed E-state index contributed by atoms with van der Waals surface area (Å²) in [5.74, 6) is 1.47. The molecule has 0 radical (unpaired) electrons. The number of hydrogen-bond acceptors (Lipinski definition) is 1. The maximum atomic E-state index is 6.17. The van der Waals surface area contributed by atoms with Crippen molar-refractivity contribution in [1.29, 1.82) is 0 Å². The minimum atomic E-state index is 0.272. The minimum Gasteiger partial charge on any atom is -0.495 e. The zero-order valence-corrected chi connectivity index (χ0v) is 15.6. The van der Waals surface area contributed by atoms with Gasteiger partial charge in [0.15, 0.2) is 0 Å². The molecule has 2 atom stereocenters. The number of benzene rings is 1. The largest absolute Gasteiger partial charge is 0.495 e. The molecule has 0 aliphatic heterocycles. The lowest BCUT2D eigenvalue weighted by Gasteiger charge is -2.24. The summed E-state index contributed by atoms with van der Waals surface area (Å²) in [4.78, 5) is 0.272. The van der Waals surface area contributed by atoms with Crippen LogP contribution in [0.5, 0.6) is 5.75 Å². The van der Waals surface area contributed by atoms with Gasteiger partial charge in [-0.25, -0.2) is 0 Å². The highest BCUT2D eigenvalue weighted by molar-refractivity contribution is 9.10. The van der Waals surface area contributed by atoms with E-state index in [1.807, 2.05) is 12.1 Å². The normalized spacial score (nSPS) is 14.2. The van der Waals surface area contributed by atoms with Gasteiger partial charge in [0.05, 0.1) is 11.6 Å². The van der Waals surface area contributed by atoms with E-state index in [4.69, 9.17) is 16.3 Å². The Morgan fingerprint density at radius 1 is 1.32 bits per heavy atom. The first kappa shape index (κ1) is 17.3. The van der Waals surface area contributed by atoms with E-state index in [2.05, 4.69) is 45.7 Å². The molecule has 108 valence electrons. The third-order valence-corrected chi connectivity index (χ3v) is 5.45. The Kier molecular flexibility index (Phi) is 7.78. The summed E-state index contributed by atoms with van der Waals surface area (Å²) in [6.45, 7) is 4.47. The number of halogens is 3. The van der Waals surface area contributed by atoms with Gasteiger partial charge in [-0.3, -0.25) is 0 Å². The van der Waals surface area contributed by atoms with E-state index < -0.39 is 0 Å². The van der Waals surface area contributed by atoms with Crippen molar-refractivity contribution in [3.05, 3.63) is 27.2 Å². The number of ether oxygens (including phenoxy) is 1. The molecule has 0 heterocycles. The Morgan fingerprint density at radius 2 is 2.00 bits per heavy atom. The van der Waals surface area contributed by atoms with E-state index in [0.29, 0.717) is 5.92 Å². The van der Waals surface area contributed by atoms with Gasteiger partial charge in [-0.05, 0) is 40.4 Å². The second-order valence-corrected chi connectivity index (χ2v) is 7.00. The summed E-state index contributed by atoms with van der Waals surface area (Å²) >= 11 is 13.5. The van der Waals surface area contributed by atoms with Crippen molar-refractivity contribution in [1.82, 2.24) is 0 Å². The standard InChI is InChI=1S/C15H21Br2ClO/c1-4-6-7-10(5-2)14(17)12-8-11(18)9-13(16)15(12)19-3/h8-10,14H,4-7H2,1-3H3. The number of hydrogen-bond donors (Lipinski definition) is 0. The SMILES string of the molecule is CCCCC(CC)C(Br)c1cc(Cl)cc(Br)c1OC. The van der Waals surface area contributed by atoms with Crippen molar-refractivity contribution < 1.29 is 4.74 Å². The highest BCUT2D eigenvalue weighted by Crippen LogP contribution is 2.44. The van der Waals surface area contributed by atoms with E-state index >= 15 is 0 Å². The molecule has 19 heavy (non-hydrogen) atoms. The summed E-state index contributed by atoms with van der Waals surface area (Å²) in [5.41, 5.74) is 1.13. The zero-order chi connectivity index (χ0) is 14.4. The van der Waals surface area contributed by atoms with Crippen LogP contribution in [-0.2, 0) is 0 Å². The van der Waals surface area contributed by atoms with Gasteiger partial charge in [0.2, 0.25) is 0 Å². The summed E-state index contributed by atoms with van der Waals surface area (Å²) in [7, 11) is 1.70. The monoisotopic (exact) mass is 410 g/mol. The molecular weight excluding hydrogens is 391 g/mol. The molecule has 0 spiro atoms. The second kappa shape index (κ2) is 8.53. The van der Waals surface area contributed by atoms with Gasteiger partial charge in [-0.15, -0.1) is 0 Å². The quantitative estimate of drug-likeness (QED) is 0.449. The fourth-order valence-electron chi connectivity index (χ4n) is 2.28. The second-order valence-electron chi connectivity index (χ2n) is 4.72. The highest BCUT2D eigenvalue weighted by Gasteiger charge is 2.23. The molecular formula is C15H21Br2ClO. The van der Waals surface area contributed by atoms with Gasteiger partial charge >= 0.3 is 0 Å². The van der Waals surface area contributed by atoms with Crippen molar-refractivity contribution in [2.75, 3.05) is 7.11 Å². The van der Waals surface area contributed by atoms with Crippen LogP contribution >= 0.6 is 43.5 Å². The van der Waals surface area contributed by atoms with E-state index in [1.165, 1.54) is 19.3 Å². The van der Waals surface area contributed by atoms with Gasteiger partial charge < -0.3 is 4.74 Å². The lowest BCUT2D eigenvalue weighted by molar-refractivity contribution is 0.393. The molecule has 1 aromatic carbocycles. The van der Waals surface area contributed by atoms with Gasteiger partial charge in [-0.1, -0.05) is 60.6 Å². The van der Waals surface area contributed by atoms with Crippen molar-refractivity contribution in [2.45, 2.75) is 44.4 Å². The maximum Gasteiger partial charge on any atom is 0.137 e. The van der Waals surface area contributed by atoms with Crippen molar-refractivity contribution in [3.63, 3.8) is 0 Å². The Balaban J connectivity index is 3.05. The summed E-state index contributed by atoms with van der Waals surface area (Å²) in [6.07, 6.45) is 4.84. The van der Waals surface area contributed by atoms with E-state index in [1.54, 1.807) is 7.11 Å².